The van der Waals surface area contributed by atoms with Gasteiger partial charge in [-0.1, -0.05) is 17.3 Å². The van der Waals surface area contributed by atoms with E-state index in [1.807, 2.05) is 31.2 Å². The van der Waals surface area contributed by atoms with Crippen LogP contribution in [0.25, 0.3) is 0 Å². The van der Waals surface area contributed by atoms with Crippen molar-refractivity contribution in [2.24, 2.45) is 0 Å². The first-order valence-electron chi connectivity index (χ1n) is 5.81. The molecular formula is C13H15ClN2O2. The summed E-state index contributed by atoms with van der Waals surface area (Å²) < 4.78 is 10.7. The predicted octanol–water partition coefficient (Wildman–Crippen LogP) is 3.30. The molecule has 18 heavy (non-hydrogen) atoms. The molecule has 0 amide bonds. The van der Waals surface area contributed by atoms with Crippen LogP contribution in [-0.2, 0) is 6.42 Å². The Morgan fingerprint density at radius 1 is 1.44 bits per heavy atom. The van der Waals surface area contributed by atoms with Gasteiger partial charge in [0, 0.05) is 0 Å². The number of ether oxygens (including phenoxy) is 1. The lowest BCUT2D eigenvalue weighted by atomic mass is 10.2. The lowest BCUT2D eigenvalue weighted by molar-refractivity contribution is 0.291. The SMILES string of the molecule is Cc1cccc(OCCc2nc(C(C)Cl)no2)c1. The van der Waals surface area contributed by atoms with Crippen LogP contribution >= 0.6 is 11.6 Å². The van der Waals surface area contributed by atoms with Gasteiger partial charge in [-0.3, -0.25) is 0 Å². The first kappa shape index (κ1) is 12.9. The number of nitrogens with zero attached hydrogens (tertiary/aromatic N) is 2. The fourth-order valence-corrected chi connectivity index (χ4v) is 1.58. The number of benzene rings is 1. The zero-order valence-corrected chi connectivity index (χ0v) is 11.1. The third-order valence-corrected chi connectivity index (χ3v) is 2.61. The summed E-state index contributed by atoms with van der Waals surface area (Å²) in [6, 6.07) is 7.90. The van der Waals surface area contributed by atoms with Gasteiger partial charge in [-0.15, -0.1) is 11.6 Å². The summed E-state index contributed by atoms with van der Waals surface area (Å²) in [7, 11) is 0. The van der Waals surface area contributed by atoms with Crippen molar-refractivity contribution in [2.45, 2.75) is 25.6 Å². The maximum atomic E-state index is 5.85. The number of aromatic nitrogens is 2. The Kier molecular flexibility index (Phi) is 4.20. The summed E-state index contributed by atoms with van der Waals surface area (Å²) in [5.41, 5.74) is 1.17. The van der Waals surface area contributed by atoms with E-state index < -0.39 is 0 Å². The third kappa shape index (κ3) is 3.47. The molecule has 1 heterocycles. The van der Waals surface area contributed by atoms with Crippen LogP contribution in [0.15, 0.2) is 28.8 Å². The van der Waals surface area contributed by atoms with Crippen molar-refractivity contribution in [1.82, 2.24) is 10.1 Å². The van der Waals surface area contributed by atoms with Crippen LogP contribution in [0.5, 0.6) is 5.75 Å². The summed E-state index contributed by atoms with van der Waals surface area (Å²) in [6.07, 6.45) is 0.574. The minimum absolute atomic E-state index is 0.236. The Labute approximate surface area is 111 Å². The zero-order valence-electron chi connectivity index (χ0n) is 10.4. The minimum atomic E-state index is -0.236. The fraction of sp³-hybridized carbons (Fsp3) is 0.385. The molecule has 0 radical (unpaired) electrons. The number of halogens is 1. The van der Waals surface area contributed by atoms with Crippen LogP contribution in [0.3, 0.4) is 0 Å². The summed E-state index contributed by atoms with van der Waals surface area (Å²) in [5.74, 6) is 1.91. The number of aryl methyl sites for hydroxylation is 1. The van der Waals surface area contributed by atoms with Gasteiger partial charge in [-0.05, 0) is 31.5 Å². The van der Waals surface area contributed by atoms with E-state index in [2.05, 4.69) is 10.1 Å². The van der Waals surface area contributed by atoms with Gasteiger partial charge in [0.15, 0.2) is 5.82 Å². The molecule has 0 saturated heterocycles. The molecule has 1 aromatic carbocycles. The van der Waals surface area contributed by atoms with Crippen molar-refractivity contribution < 1.29 is 9.26 Å². The van der Waals surface area contributed by atoms with E-state index in [0.29, 0.717) is 24.7 Å². The van der Waals surface area contributed by atoms with Gasteiger partial charge in [0.25, 0.3) is 0 Å². The van der Waals surface area contributed by atoms with Gasteiger partial charge in [-0.25, -0.2) is 0 Å². The molecule has 2 rings (SSSR count). The second-order valence-electron chi connectivity index (χ2n) is 4.08. The molecule has 0 aliphatic heterocycles. The molecule has 2 aromatic rings. The van der Waals surface area contributed by atoms with Gasteiger partial charge in [0.1, 0.15) is 5.75 Å². The lowest BCUT2D eigenvalue weighted by Gasteiger charge is -2.04. The number of hydrogen-bond acceptors (Lipinski definition) is 4. The van der Waals surface area contributed by atoms with E-state index >= 15 is 0 Å². The van der Waals surface area contributed by atoms with Gasteiger partial charge in [0.05, 0.1) is 18.4 Å². The summed E-state index contributed by atoms with van der Waals surface area (Å²) >= 11 is 5.85. The highest BCUT2D eigenvalue weighted by Gasteiger charge is 2.10. The zero-order chi connectivity index (χ0) is 13.0. The Hall–Kier alpha value is -1.55. The second kappa shape index (κ2) is 5.87. The van der Waals surface area contributed by atoms with Crippen molar-refractivity contribution in [1.29, 1.82) is 0 Å². The quantitative estimate of drug-likeness (QED) is 0.779. The minimum Gasteiger partial charge on any atom is -0.493 e. The number of hydrogen-bond donors (Lipinski definition) is 0. The Morgan fingerprint density at radius 2 is 2.28 bits per heavy atom. The maximum absolute atomic E-state index is 5.85. The summed E-state index contributed by atoms with van der Waals surface area (Å²) in [6.45, 7) is 4.33. The summed E-state index contributed by atoms with van der Waals surface area (Å²) in [4.78, 5) is 4.17. The van der Waals surface area contributed by atoms with E-state index in [4.69, 9.17) is 20.9 Å². The van der Waals surface area contributed by atoms with E-state index in [9.17, 15) is 0 Å². The molecule has 0 N–H and O–H groups in total. The Balaban J connectivity index is 1.84. The van der Waals surface area contributed by atoms with Crippen molar-refractivity contribution in [2.75, 3.05) is 6.61 Å². The highest BCUT2D eigenvalue weighted by Crippen LogP contribution is 2.16. The first-order chi connectivity index (χ1) is 8.65. The van der Waals surface area contributed by atoms with Crippen molar-refractivity contribution >= 4 is 11.6 Å². The first-order valence-corrected chi connectivity index (χ1v) is 6.25. The van der Waals surface area contributed by atoms with E-state index in [-0.39, 0.29) is 5.38 Å². The van der Waals surface area contributed by atoms with Crippen LogP contribution in [0.1, 0.15) is 29.6 Å². The van der Waals surface area contributed by atoms with Crippen molar-refractivity contribution in [3.05, 3.63) is 41.5 Å². The predicted molar refractivity (Wildman–Crippen MR) is 68.9 cm³/mol. The molecule has 1 unspecified atom stereocenters. The maximum Gasteiger partial charge on any atom is 0.230 e. The average Bonchev–Trinajstić information content (AvgIpc) is 2.78. The van der Waals surface area contributed by atoms with Crippen molar-refractivity contribution in [3.63, 3.8) is 0 Å². The molecular weight excluding hydrogens is 252 g/mol. The Morgan fingerprint density at radius 3 is 2.94 bits per heavy atom. The van der Waals surface area contributed by atoms with Crippen LogP contribution in [-0.4, -0.2) is 16.7 Å². The topological polar surface area (TPSA) is 48.2 Å². The largest absolute Gasteiger partial charge is 0.493 e. The molecule has 0 bridgehead atoms. The average molecular weight is 267 g/mol. The van der Waals surface area contributed by atoms with Crippen LogP contribution < -0.4 is 4.74 Å². The van der Waals surface area contributed by atoms with Crippen molar-refractivity contribution in [3.8, 4) is 5.75 Å². The molecule has 0 fully saturated rings. The highest BCUT2D eigenvalue weighted by molar-refractivity contribution is 6.20. The third-order valence-electron chi connectivity index (χ3n) is 2.41. The smallest absolute Gasteiger partial charge is 0.230 e. The molecule has 0 saturated carbocycles. The second-order valence-corrected chi connectivity index (χ2v) is 4.73. The lowest BCUT2D eigenvalue weighted by Crippen LogP contribution is -2.02. The summed E-state index contributed by atoms with van der Waals surface area (Å²) in [5, 5.41) is 3.55. The highest BCUT2D eigenvalue weighted by atomic mass is 35.5. The monoisotopic (exact) mass is 266 g/mol. The van der Waals surface area contributed by atoms with E-state index in [1.165, 1.54) is 5.56 Å². The molecule has 0 spiro atoms. The van der Waals surface area contributed by atoms with Gasteiger partial charge in [0.2, 0.25) is 5.89 Å². The van der Waals surface area contributed by atoms with Gasteiger partial charge < -0.3 is 9.26 Å². The van der Waals surface area contributed by atoms with Crippen LogP contribution in [0, 0.1) is 6.92 Å². The molecule has 5 heteroatoms. The molecule has 4 nitrogen and oxygen atoms in total. The van der Waals surface area contributed by atoms with Gasteiger partial charge >= 0.3 is 0 Å². The van der Waals surface area contributed by atoms with Crippen LogP contribution in [0.2, 0.25) is 0 Å². The van der Waals surface area contributed by atoms with Gasteiger partial charge in [-0.2, -0.15) is 4.98 Å². The van der Waals surface area contributed by atoms with E-state index in [0.717, 1.165) is 5.75 Å². The van der Waals surface area contributed by atoms with Crippen LogP contribution in [0.4, 0.5) is 0 Å². The normalized spacial score (nSPS) is 12.4. The standard InChI is InChI=1S/C13H15ClN2O2/c1-9-4-3-5-11(8-9)17-7-6-12-15-13(10(2)14)16-18-12/h3-5,8,10H,6-7H2,1-2H3. The molecule has 0 aliphatic rings. The number of rotatable bonds is 5. The molecule has 0 aliphatic carbocycles. The number of alkyl halides is 1. The molecule has 96 valence electrons. The molecule has 1 aromatic heterocycles. The molecule has 1 atom stereocenters. The van der Waals surface area contributed by atoms with E-state index in [1.54, 1.807) is 6.92 Å². The Bertz CT molecular complexity index is 511. The fourth-order valence-electron chi connectivity index (χ4n) is 1.49.